The number of hydrogen-bond acceptors (Lipinski definition) is 6. The molecule has 2 N–H and O–H groups in total. The molecule has 0 radical (unpaired) electrons. The summed E-state index contributed by atoms with van der Waals surface area (Å²) in [7, 11) is 0. The highest BCUT2D eigenvalue weighted by molar-refractivity contribution is 5.97. The number of pyridine rings is 1. The van der Waals surface area contributed by atoms with Gasteiger partial charge in [0, 0.05) is 23.6 Å². The molecule has 2 fully saturated rings. The van der Waals surface area contributed by atoms with Gasteiger partial charge in [0.15, 0.2) is 0 Å². The molecule has 0 aromatic carbocycles. The lowest BCUT2D eigenvalue weighted by Gasteiger charge is -2.06. The Labute approximate surface area is 138 Å². The number of rotatable bonds is 6. The molecule has 0 spiro atoms. The van der Waals surface area contributed by atoms with Crippen molar-refractivity contribution in [2.45, 2.75) is 38.1 Å². The van der Waals surface area contributed by atoms with Crippen LogP contribution < -0.4 is 10.6 Å². The molecule has 124 valence electrons. The Morgan fingerprint density at radius 2 is 2.04 bits per heavy atom. The fraction of sp³-hybridized carbons (Fsp3) is 0.438. The van der Waals surface area contributed by atoms with Gasteiger partial charge in [-0.05, 0) is 37.8 Å². The summed E-state index contributed by atoms with van der Waals surface area (Å²) >= 11 is 0. The van der Waals surface area contributed by atoms with Gasteiger partial charge in [0.1, 0.15) is 5.82 Å². The molecular weight excluding hydrogens is 310 g/mol. The highest BCUT2D eigenvalue weighted by Gasteiger charge is 2.30. The van der Waals surface area contributed by atoms with Gasteiger partial charge in [-0.1, -0.05) is 0 Å². The Morgan fingerprint density at radius 1 is 1.21 bits per heavy atom. The van der Waals surface area contributed by atoms with E-state index in [9.17, 15) is 9.59 Å². The first-order valence-corrected chi connectivity index (χ1v) is 8.06. The average molecular weight is 327 g/mol. The predicted molar refractivity (Wildman–Crippen MR) is 83.0 cm³/mol. The van der Waals surface area contributed by atoms with Crippen LogP contribution in [0, 0.1) is 5.92 Å². The van der Waals surface area contributed by atoms with Crippen molar-refractivity contribution in [3.05, 3.63) is 35.7 Å². The molecule has 0 atom stereocenters. The largest absolute Gasteiger partial charge is 0.423 e. The summed E-state index contributed by atoms with van der Waals surface area (Å²) < 4.78 is 5.50. The van der Waals surface area contributed by atoms with Crippen LogP contribution in [0.3, 0.4) is 0 Å². The zero-order valence-corrected chi connectivity index (χ0v) is 13.0. The number of amides is 2. The van der Waals surface area contributed by atoms with Gasteiger partial charge in [0.25, 0.3) is 5.91 Å². The first-order valence-electron chi connectivity index (χ1n) is 8.06. The van der Waals surface area contributed by atoms with Crippen molar-refractivity contribution in [1.29, 1.82) is 0 Å². The van der Waals surface area contributed by atoms with Gasteiger partial charge in [0.2, 0.25) is 17.7 Å². The van der Waals surface area contributed by atoms with Crippen LogP contribution >= 0.6 is 0 Å². The van der Waals surface area contributed by atoms with E-state index in [4.69, 9.17) is 4.42 Å². The number of carbonyl (C=O) groups excluding carboxylic acids is 2. The van der Waals surface area contributed by atoms with Crippen LogP contribution in [-0.2, 0) is 11.3 Å². The van der Waals surface area contributed by atoms with Crippen molar-refractivity contribution >= 4 is 17.6 Å². The lowest BCUT2D eigenvalue weighted by molar-refractivity contribution is -0.117. The standard InChI is InChI=1S/C16H17N5O3/c22-14(18-8-13-20-21-16(24-13)10-3-4-10)11-5-6-17-12(7-11)19-15(23)9-1-2-9/h5-7,9-10H,1-4,8H2,(H,18,22)(H,17,19,23). The van der Waals surface area contributed by atoms with Crippen molar-refractivity contribution in [2.24, 2.45) is 5.92 Å². The number of anilines is 1. The average Bonchev–Trinajstić information content (AvgIpc) is 3.51. The number of aromatic nitrogens is 3. The number of carbonyl (C=O) groups is 2. The van der Waals surface area contributed by atoms with Gasteiger partial charge in [-0.2, -0.15) is 0 Å². The van der Waals surface area contributed by atoms with Crippen LogP contribution in [0.2, 0.25) is 0 Å². The van der Waals surface area contributed by atoms with E-state index < -0.39 is 0 Å². The minimum atomic E-state index is -0.287. The van der Waals surface area contributed by atoms with Crippen LogP contribution in [-0.4, -0.2) is 27.0 Å². The summed E-state index contributed by atoms with van der Waals surface area (Å²) in [5.41, 5.74) is 0.415. The van der Waals surface area contributed by atoms with Gasteiger partial charge in [-0.25, -0.2) is 4.98 Å². The van der Waals surface area contributed by atoms with E-state index in [2.05, 4.69) is 25.8 Å². The fourth-order valence-corrected chi connectivity index (χ4v) is 2.31. The molecule has 2 amide bonds. The first kappa shape index (κ1) is 14.8. The molecule has 24 heavy (non-hydrogen) atoms. The summed E-state index contributed by atoms with van der Waals surface area (Å²) in [6, 6.07) is 3.14. The summed E-state index contributed by atoms with van der Waals surface area (Å²) in [6.45, 7) is 0.171. The third-order valence-corrected chi connectivity index (χ3v) is 4.03. The van der Waals surface area contributed by atoms with E-state index in [1.165, 1.54) is 6.20 Å². The van der Waals surface area contributed by atoms with E-state index in [-0.39, 0.29) is 24.3 Å². The minimum Gasteiger partial charge on any atom is -0.423 e. The van der Waals surface area contributed by atoms with E-state index in [0.717, 1.165) is 25.7 Å². The molecule has 2 aliphatic rings. The molecule has 0 saturated heterocycles. The highest BCUT2D eigenvalue weighted by atomic mass is 16.4. The molecule has 2 aromatic rings. The van der Waals surface area contributed by atoms with Crippen molar-refractivity contribution in [1.82, 2.24) is 20.5 Å². The molecule has 2 aliphatic carbocycles. The van der Waals surface area contributed by atoms with Crippen LogP contribution in [0.4, 0.5) is 5.82 Å². The minimum absolute atomic E-state index is 0.0430. The molecule has 2 saturated carbocycles. The topological polar surface area (TPSA) is 110 Å². The summed E-state index contributed by atoms with van der Waals surface area (Å²) in [5, 5.41) is 13.4. The molecular formula is C16H17N5O3. The quantitative estimate of drug-likeness (QED) is 0.834. The molecule has 0 bridgehead atoms. The molecule has 2 aromatic heterocycles. The Morgan fingerprint density at radius 3 is 2.79 bits per heavy atom. The number of nitrogens with one attached hydrogen (secondary N) is 2. The second kappa shape index (κ2) is 6.03. The SMILES string of the molecule is O=C(NCc1nnc(C2CC2)o1)c1ccnc(NC(=O)C2CC2)c1. The molecule has 0 unspecified atom stereocenters. The maximum absolute atomic E-state index is 12.2. The Kier molecular flexibility index (Phi) is 3.72. The van der Waals surface area contributed by atoms with Gasteiger partial charge in [0.05, 0.1) is 6.54 Å². The molecule has 8 nitrogen and oxygen atoms in total. The van der Waals surface area contributed by atoms with Gasteiger partial charge >= 0.3 is 0 Å². The molecule has 8 heteroatoms. The zero-order valence-electron chi connectivity index (χ0n) is 13.0. The van der Waals surface area contributed by atoms with Gasteiger partial charge in [-0.3, -0.25) is 9.59 Å². The lowest BCUT2D eigenvalue weighted by Crippen LogP contribution is -2.23. The molecule has 2 heterocycles. The van der Waals surface area contributed by atoms with Gasteiger partial charge < -0.3 is 15.1 Å². The van der Waals surface area contributed by atoms with Crippen LogP contribution in [0.25, 0.3) is 0 Å². The Balaban J connectivity index is 1.35. The highest BCUT2D eigenvalue weighted by Crippen LogP contribution is 2.38. The van der Waals surface area contributed by atoms with E-state index in [1.54, 1.807) is 12.1 Å². The predicted octanol–water partition coefficient (Wildman–Crippen LogP) is 1.62. The second-order valence-corrected chi connectivity index (χ2v) is 6.18. The van der Waals surface area contributed by atoms with Crippen molar-refractivity contribution in [2.75, 3.05) is 5.32 Å². The molecule has 4 rings (SSSR count). The Hall–Kier alpha value is -2.77. The monoisotopic (exact) mass is 327 g/mol. The van der Waals surface area contributed by atoms with Crippen molar-refractivity contribution in [3.8, 4) is 0 Å². The lowest BCUT2D eigenvalue weighted by atomic mass is 10.2. The van der Waals surface area contributed by atoms with Gasteiger partial charge in [-0.15, -0.1) is 10.2 Å². The maximum Gasteiger partial charge on any atom is 0.251 e. The fourth-order valence-electron chi connectivity index (χ4n) is 2.31. The number of hydrogen-bond donors (Lipinski definition) is 2. The summed E-state index contributed by atoms with van der Waals surface area (Å²) in [6.07, 6.45) is 5.49. The molecule has 0 aliphatic heterocycles. The van der Waals surface area contributed by atoms with Crippen molar-refractivity contribution < 1.29 is 14.0 Å². The first-order chi connectivity index (χ1) is 11.7. The second-order valence-electron chi connectivity index (χ2n) is 6.18. The maximum atomic E-state index is 12.2. The van der Waals surface area contributed by atoms with Crippen molar-refractivity contribution in [3.63, 3.8) is 0 Å². The normalized spacial score (nSPS) is 16.7. The summed E-state index contributed by atoms with van der Waals surface area (Å²) in [4.78, 5) is 28.0. The summed E-state index contributed by atoms with van der Waals surface area (Å²) in [5.74, 6) is 1.56. The zero-order chi connectivity index (χ0) is 16.5. The van der Waals surface area contributed by atoms with E-state index in [0.29, 0.717) is 29.1 Å². The third-order valence-electron chi connectivity index (χ3n) is 4.03. The van der Waals surface area contributed by atoms with Crippen LogP contribution in [0.1, 0.15) is 53.7 Å². The van der Waals surface area contributed by atoms with E-state index >= 15 is 0 Å². The van der Waals surface area contributed by atoms with E-state index in [1.807, 2.05) is 0 Å². The smallest absolute Gasteiger partial charge is 0.251 e. The van der Waals surface area contributed by atoms with Crippen LogP contribution in [0.5, 0.6) is 0 Å². The van der Waals surface area contributed by atoms with Crippen LogP contribution in [0.15, 0.2) is 22.7 Å². The third kappa shape index (κ3) is 3.42. The Bertz CT molecular complexity index is 780. The number of nitrogens with zero attached hydrogens (tertiary/aromatic N) is 3.